The van der Waals surface area contributed by atoms with E-state index in [-0.39, 0.29) is 5.69 Å². The Morgan fingerprint density at radius 3 is 2.60 bits per heavy atom. The number of nitro groups is 2. The second-order valence-electron chi connectivity index (χ2n) is 3.19. The highest BCUT2D eigenvalue weighted by molar-refractivity contribution is 5.91. The van der Waals surface area contributed by atoms with Gasteiger partial charge in [-0.1, -0.05) is 6.58 Å². The summed E-state index contributed by atoms with van der Waals surface area (Å²) in [5.74, 6) is -0.686. The van der Waals surface area contributed by atoms with E-state index in [1.807, 2.05) is 6.01 Å². The van der Waals surface area contributed by atoms with Crippen LogP contribution in [0.5, 0.6) is 0 Å². The number of hydrogen-bond acceptors (Lipinski definition) is 7. The number of rotatable bonds is 5. The van der Waals surface area contributed by atoms with Gasteiger partial charge in [0.2, 0.25) is 0 Å². The third-order valence-electron chi connectivity index (χ3n) is 1.95. The molecule has 1 aromatic carbocycles. The van der Waals surface area contributed by atoms with Gasteiger partial charge in [0, 0.05) is 6.07 Å². The Labute approximate surface area is 111 Å². The summed E-state index contributed by atoms with van der Waals surface area (Å²) in [6, 6.07) is 4.91. The van der Waals surface area contributed by atoms with Gasteiger partial charge in [0.15, 0.2) is 0 Å². The van der Waals surface area contributed by atoms with E-state index in [9.17, 15) is 25.0 Å². The van der Waals surface area contributed by atoms with Gasteiger partial charge in [-0.15, -0.1) is 10.1 Å². The van der Waals surface area contributed by atoms with Crippen LogP contribution in [0, 0.1) is 20.2 Å². The highest BCUT2D eigenvalue weighted by atomic mass is 16.6. The third-order valence-corrected chi connectivity index (χ3v) is 1.95. The molecule has 0 spiro atoms. The Morgan fingerprint density at radius 1 is 1.35 bits per heavy atom. The zero-order chi connectivity index (χ0) is 15.1. The largest absolute Gasteiger partial charge is 0.301 e. The molecule has 0 radical (unpaired) electrons. The van der Waals surface area contributed by atoms with Crippen molar-refractivity contribution in [3.05, 3.63) is 51.1 Å². The van der Waals surface area contributed by atoms with Gasteiger partial charge in [0.1, 0.15) is 11.7 Å². The maximum absolute atomic E-state index is 10.8. The molecular formula is C10H7N5O5. The molecular weight excluding hydrogens is 270 g/mol. The van der Waals surface area contributed by atoms with Crippen LogP contribution < -0.4 is 5.43 Å². The lowest BCUT2D eigenvalue weighted by Crippen LogP contribution is -1.98. The predicted octanol–water partition coefficient (Wildman–Crippen LogP) is 1.72. The van der Waals surface area contributed by atoms with Crippen LogP contribution in [0.3, 0.4) is 0 Å². The molecule has 1 N–H and O–H groups in total. The first-order valence-electron chi connectivity index (χ1n) is 4.96. The predicted molar refractivity (Wildman–Crippen MR) is 68.4 cm³/mol. The average molecular weight is 277 g/mol. The number of anilines is 1. The summed E-state index contributed by atoms with van der Waals surface area (Å²) in [5, 5.41) is 24.6. The molecule has 10 heteroatoms. The van der Waals surface area contributed by atoms with E-state index in [2.05, 4.69) is 22.1 Å². The Balaban J connectivity index is 3.04. The number of carbonyl (C=O) groups excluding carboxylic acids is 1. The molecule has 0 saturated heterocycles. The van der Waals surface area contributed by atoms with E-state index < -0.39 is 27.1 Å². The van der Waals surface area contributed by atoms with Crippen molar-refractivity contribution in [2.75, 3.05) is 5.43 Å². The van der Waals surface area contributed by atoms with E-state index in [1.165, 1.54) is 0 Å². The van der Waals surface area contributed by atoms with Crippen LogP contribution in [0.25, 0.3) is 0 Å². The lowest BCUT2D eigenvalue weighted by molar-refractivity contribution is -0.393. The molecule has 1 amide bonds. The van der Waals surface area contributed by atoms with Crippen LogP contribution in [0.1, 0.15) is 0 Å². The normalized spacial score (nSPS) is 9.00. The van der Waals surface area contributed by atoms with Gasteiger partial charge in [-0.3, -0.25) is 30.4 Å². The van der Waals surface area contributed by atoms with Crippen molar-refractivity contribution in [1.82, 2.24) is 0 Å². The molecule has 0 fully saturated rings. The standard InChI is InChI=1S/C10H7N5O5/c1-2-10(16)11-6-12-13-8-4-3-7(14(17)18)5-9(8)15(19)20/h2-5,13H,1H2. The van der Waals surface area contributed by atoms with E-state index in [0.29, 0.717) is 0 Å². The third kappa shape index (κ3) is 3.82. The number of benzene rings is 1. The lowest BCUT2D eigenvalue weighted by Gasteiger charge is -2.00. The Hall–Kier alpha value is -3.39. The quantitative estimate of drug-likeness (QED) is 0.376. The summed E-state index contributed by atoms with van der Waals surface area (Å²) in [6.07, 6.45) is 0.927. The van der Waals surface area contributed by atoms with Gasteiger partial charge in [-0.05, 0) is 12.1 Å². The number of non-ortho nitro benzene ring substituents is 1. The van der Waals surface area contributed by atoms with E-state index in [4.69, 9.17) is 0 Å². The second-order valence-corrected chi connectivity index (χ2v) is 3.19. The summed E-state index contributed by atoms with van der Waals surface area (Å²) in [7, 11) is 0. The maximum atomic E-state index is 10.8. The Kier molecular flexibility index (Phi) is 4.78. The number of hydrazone groups is 1. The zero-order valence-electron chi connectivity index (χ0n) is 9.85. The monoisotopic (exact) mass is 277 g/mol. The number of aliphatic imine (C=N–C) groups is 1. The molecule has 0 aliphatic rings. The van der Waals surface area contributed by atoms with Crippen LogP contribution in [0.4, 0.5) is 17.1 Å². The number of carbonyl (C=O) groups is 1. The molecule has 0 heterocycles. The summed E-state index contributed by atoms with van der Waals surface area (Å²) in [4.78, 5) is 33.6. The fourth-order valence-electron chi connectivity index (χ4n) is 1.08. The van der Waals surface area contributed by atoms with Gasteiger partial charge in [-0.25, -0.2) is 0 Å². The van der Waals surface area contributed by atoms with Crippen LogP contribution in [-0.2, 0) is 4.79 Å². The molecule has 1 rings (SSSR count). The average Bonchev–Trinajstić information content (AvgIpc) is 2.42. The molecule has 1 aromatic rings. The Morgan fingerprint density at radius 2 is 2.05 bits per heavy atom. The van der Waals surface area contributed by atoms with E-state index in [1.54, 1.807) is 0 Å². The SMILES string of the molecule is C=CC(=O)N=C=NNc1ccc([N+](=O)[O-])cc1[N+](=O)[O-]. The number of hydrogen-bond donors (Lipinski definition) is 1. The minimum Gasteiger partial charge on any atom is -0.267 e. The van der Waals surface area contributed by atoms with Crippen molar-refractivity contribution < 1.29 is 14.6 Å². The second kappa shape index (κ2) is 6.52. The molecule has 0 aliphatic heterocycles. The molecule has 0 unspecified atom stereocenters. The van der Waals surface area contributed by atoms with E-state index >= 15 is 0 Å². The first kappa shape index (κ1) is 14.7. The van der Waals surface area contributed by atoms with Crippen molar-refractivity contribution in [3.8, 4) is 0 Å². The first-order valence-corrected chi connectivity index (χ1v) is 4.96. The van der Waals surface area contributed by atoms with Crippen LogP contribution in [0.15, 0.2) is 40.9 Å². The van der Waals surface area contributed by atoms with Gasteiger partial charge in [-0.2, -0.15) is 0 Å². The number of nitro benzene ring substituents is 2. The summed E-state index contributed by atoms with van der Waals surface area (Å²) < 4.78 is 0. The summed E-state index contributed by atoms with van der Waals surface area (Å²) >= 11 is 0. The fraction of sp³-hybridized carbons (Fsp3) is 0. The smallest absolute Gasteiger partial charge is 0.267 e. The molecule has 102 valence electrons. The highest BCUT2D eigenvalue weighted by Gasteiger charge is 2.18. The lowest BCUT2D eigenvalue weighted by atomic mass is 10.2. The molecule has 0 aliphatic carbocycles. The number of nitrogens with one attached hydrogen (secondary N) is 1. The van der Waals surface area contributed by atoms with Crippen molar-refractivity contribution in [3.63, 3.8) is 0 Å². The van der Waals surface area contributed by atoms with Gasteiger partial charge in [0.05, 0.1) is 15.9 Å². The topological polar surface area (TPSA) is 140 Å². The summed E-state index contributed by atoms with van der Waals surface area (Å²) in [5.41, 5.74) is 1.14. The highest BCUT2D eigenvalue weighted by Crippen LogP contribution is 2.28. The van der Waals surface area contributed by atoms with Crippen LogP contribution in [-0.4, -0.2) is 21.8 Å². The van der Waals surface area contributed by atoms with Crippen molar-refractivity contribution in [2.45, 2.75) is 0 Å². The van der Waals surface area contributed by atoms with Crippen molar-refractivity contribution in [1.29, 1.82) is 0 Å². The van der Waals surface area contributed by atoms with Gasteiger partial charge >= 0.3 is 5.69 Å². The van der Waals surface area contributed by atoms with Crippen molar-refractivity contribution >= 4 is 29.0 Å². The molecule has 0 atom stereocenters. The van der Waals surface area contributed by atoms with Crippen LogP contribution >= 0.6 is 0 Å². The molecule has 0 saturated carbocycles. The molecule has 0 bridgehead atoms. The van der Waals surface area contributed by atoms with E-state index in [0.717, 1.165) is 24.3 Å². The van der Waals surface area contributed by atoms with Crippen LogP contribution in [0.2, 0.25) is 0 Å². The van der Waals surface area contributed by atoms with Gasteiger partial charge in [0.25, 0.3) is 11.6 Å². The van der Waals surface area contributed by atoms with Gasteiger partial charge < -0.3 is 0 Å². The zero-order valence-corrected chi connectivity index (χ0v) is 9.85. The summed E-state index contributed by atoms with van der Waals surface area (Å²) in [6.45, 7) is 3.16. The number of amides is 1. The molecule has 20 heavy (non-hydrogen) atoms. The molecule has 0 aromatic heterocycles. The maximum Gasteiger partial charge on any atom is 0.301 e. The number of nitrogens with zero attached hydrogens (tertiary/aromatic N) is 4. The molecule has 10 nitrogen and oxygen atoms in total. The van der Waals surface area contributed by atoms with Crippen molar-refractivity contribution in [2.24, 2.45) is 10.1 Å². The Bertz CT molecular complexity index is 647. The first-order chi connectivity index (χ1) is 9.45. The minimum atomic E-state index is -0.809. The minimum absolute atomic E-state index is 0.102. The fourth-order valence-corrected chi connectivity index (χ4v) is 1.08.